The summed E-state index contributed by atoms with van der Waals surface area (Å²) in [5, 5.41) is 30.8. The number of hydrogen-bond donors (Lipinski definition) is 3. The van der Waals surface area contributed by atoms with E-state index in [-0.39, 0.29) is 0 Å². The maximum Gasteiger partial charge on any atom is 0.183 e. The van der Waals surface area contributed by atoms with Crippen molar-refractivity contribution in [2.24, 2.45) is 0 Å². The third kappa shape index (κ3) is 4.47. The van der Waals surface area contributed by atoms with Crippen LogP contribution in [-0.2, 0) is 11.2 Å². The van der Waals surface area contributed by atoms with E-state index in [0.29, 0.717) is 18.1 Å². The Bertz CT molecular complexity index is 857. The molecule has 0 bridgehead atoms. The predicted octanol–water partition coefficient (Wildman–Crippen LogP) is 1.97. The quantitative estimate of drug-likeness (QED) is 0.663. The third-order valence-electron chi connectivity index (χ3n) is 5.41. The lowest BCUT2D eigenvalue weighted by molar-refractivity contribution is -0.156. The summed E-state index contributed by atoms with van der Waals surface area (Å²) in [6.07, 6.45) is -2.26. The van der Waals surface area contributed by atoms with Gasteiger partial charge in [0.25, 0.3) is 0 Å². The number of halogens is 1. The van der Waals surface area contributed by atoms with Crippen LogP contribution in [0.15, 0.2) is 42.5 Å². The van der Waals surface area contributed by atoms with Crippen molar-refractivity contribution in [2.75, 3.05) is 20.3 Å². The molecule has 2 aromatic rings. The van der Waals surface area contributed by atoms with Crippen molar-refractivity contribution in [3.63, 3.8) is 0 Å². The summed E-state index contributed by atoms with van der Waals surface area (Å²) in [4.78, 5) is 13.7. The first-order valence-electron chi connectivity index (χ1n) is 9.60. The number of piperidine rings is 1. The van der Waals surface area contributed by atoms with Gasteiger partial charge in [-0.15, -0.1) is 0 Å². The minimum atomic E-state index is -1.54. The molecule has 156 valence electrons. The van der Waals surface area contributed by atoms with Crippen molar-refractivity contribution >= 4 is 17.4 Å². The highest BCUT2D eigenvalue weighted by molar-refractivity contribution is 6.31. The van der Waals surface area contributed by atoms with E-state index < -0.39 is 36.7 Å². The lowest BCUT2D eigenvalue weighted by Gasteiger charge is -2.43. The second kappa shape index (κ2) is 9.24. The first-order chi connectivity index (χ1) is 13.9. The van der Waals surface area contributed by atoms with E-state index in [1.165, 1.54) is 0 Å². The van der Waals surface area contributed by atoms with Crippen LogP contribution >= 0.6 is 11.6 Å². The number of likely N-dealkylation sites (N-methyl/N-ethyl adjacent to an activating group) is 1. The van der Waals surface area contributed by atoms with Gasteiger partial charge in [0.2, 0.25) is 0 Å². The molecule has 0 spiro atoms. The van der Waals surface area contributed by atoms with Crippen molar-refractivity contribution in [2.45, 2.75) is 37.6 Å². The number of rotatable bonds is 6. The highest BCUT2D eigenvalue weighted by Crippen LogP contribution is 2.34. The molecule has 1 fully saturated rings. The Hall–Kier alpha value is -1.96. The number of Topliss-reactive ketones (excluding diaryl/α,β-unsaturated/α-hetero) is 1. The SMILES string of the molecule is CCOc1ccc(Cc2cc([C@H]3[C@H](O)[C@@H](O)C(=O)[C@@H](CO)N3C)ccc2Cl)cc1. The normalized spacial score (nSPS) is 25.2. The zero-order valence-corrected chi connectivity index (χ0v) is 17.2. The number of nitrogens with zero attached hydrogens (tertiary/aromatic N) is 1. The number of likely N-dealkylation sites (tertiary alicyclic amines) is 1. The van der Waals surface area contributed by atoms with Crippen LogP contribution < -0.4 is 4.74 Å². The standard InChI is InChI=1S/C22H26ClNO5/c1-3-29-16-7-4-13(5-8-16)10-15-11-14(6-9-17(15)23)19-21(27)22(28)20(26)18(12-25)24(19)2/h4-9,11,18-19,21-22,25,27-28H,3,10,12H2,1-2H3/t18-,19+,21+,22+/m1/s1. The highest BCUT2D eigenvalue weighted by atomic mass is 35.5. The highest BCUT2D eigenvalue weighted by Gasteiger charge is 2.46. The molecule has 0 radical (unpaired) electrons. The van der Waals surface area contributed by atoms with E-state index in [1.807, 2.05) is 37.3 Å². The van der Waals surface area contributed by atoms with E-state index in [9.17, 15) is 20.1 Å². The number of carbonyl (C=O) groups is 1. The van der Waals surface area contributed by atoms with Crippen LogP contribution in [0, 0.1) is 0 Å². The average Bonchev–Trinajstić information content (AvgIpc) is 2.71. The van der Waals surface area contributed by atoms with Crippen LogP contribution in [0.25, 0.3) is 0 Å². The van der Waals surface area contributed by atoms with Gasteiger partial charge < -0.3 is 20.1 Å². The summed E-state index contributed by atoms with van der Waals surface area (Å²) in [5.74, 6) is 0.221. The minimum absolute atomic E-state index is 0.428. The second-order valence-electron chi connectivity index (χ2n) is 7.25. The Balaban J connectivity index is 1.88. The van der Waals surface area contributed by atoms with Gasteiger partial charge in [0.15, 0.2) is 5.78 Å². The first kappa shape index (κ1) is 21.7. The van der Waals surface area contributed by atoms with Crippen LogP contribution in [-0.4, -0.2) is 64.5 Å². The molecule has 3 N–H and O–H groups in total. The lowest BCUT2D eigenvalue weighted by atomic mass is 9.85. The summed E-state index contributed by atoms with van der Waals surface area (Å²) in [7, 11) is 1.65. The Morgan fingerprint density at radius 1 is 1.14 bits per heavy atom. The van der Waals surface area contributed by atoms with Gasteiger partial charge in [-0.3, -0.25) is 9.69 Å². The molecule has 7 heteroatoms. The van der Waals surface area contributed by atoms with E-state index in [1.54, 1.807) is 24.1 Å². The fraction of sp³-hybridized carbons (Fsp3) is 0.409. The van der Waals surface area contributed by atoms with Gasteiger partial charge in [-0.05, 0) is 55.3 Å². The Morgan fingerprint density at radius 3 is 2.45 bits per heavy atom. The van der Waals surface area contributed by atoms with Gasteiger partial charge in [0.1, 0.15) is 18.0 Å². The zero-order chi connectivity index (χ0) is 21.1. The lowest BCUT2D eigenvalue weighted by Crippen LogP contribution is -2.60. The summed E-state index contributed by atoms with van der Waals surface area (Å²) >= 11 is 6.40. The van der Waals surface area contributed by atoms with E-state index in [0.717, 1.165) is 22.4 Å². The maximum atomic E-state index is 12.1. The van der Waals surface area contributed by atoms with Gasteiger partial charge in [-0.25, -0.2) is 0 Å². The first-order valence-corrected chi connectivity index (χ1v) is 9.97. The molecule has 1 aliphatic rings. The number of benzene rings is 2. The number of aliphatic hydroxyl groups is 3. The van der Waals surface area contributed by atoms with Gasteiger partial charge >= 0.3 is 0 Å². The Morgan fingerprint density at radius 2 is 1.83 bits per heavy atom. The molecule has 0 saturated carbocycles. The summed E-state index contributed by atoms with van der Waals surface area (Å²) in [5.41, 5.74) is 2.63. The smallest absolute Gasteiger partial charge is 0.183 e. The van der Waals surface area contributed by atoms with Crippen molar-refractivity contribution in [3.8, 4) is 5.75 Å². The summed E-state index contributed by atoms with van der Waals surface area (Å²) < 4.78 is 5.47. The number of carbonyl (C=O) groups excluding carboxylic acids is 1. The predicted molar refractivity (Wildman–Crippen MR) is 110 cm³/mol. The molecule has 0 aromatic heterocycles. The zero-order valence-electron chi connectivity index (χ0n) is 16.5. The average molecular weight is 420 g/mol. The van der Waals surface area contributed by atoms with Crippen LogP contribution in [0.4, 0.5) is 0 Å². The molecule has 1 heterocycles. The number of hydrogen-bond acceptors (Lipinski definition) is 6. The molecule has 6 nitrogen and oxygen atoms in total. The van der Waals surface area contributed by atoms with Gasteiger partial charge in [-0.1, -0.05) is 35.9 Å². The molecule has 29 heavy (non-hydrogen) atoms. The van der Waals surface area contributed by atoms with Crippen molar-refractivity contribution in [3.05, 3.63) is 64.2 Å². The molecule has 3 rings (SSSR count). The third-order valence-corrected chi connectivity index (χ3v) is 5.78. The molecule has 2 aromatic carbocycles. The molecule has 1 aliphatic heterocycles. The molecule has 0 amide bonds. The van der Waals surface area contributed by atoms with Crippen LogP contribution in [0.5, 0.6) is 5.75 Å². The fourth-order valence-electron chi connectivity index (χ4n) is 3.83. The number of ether oxygens (including phenoxy) is 1. The summed E-state index contributed by atoms with van der Waals surface area (Å²) in [6, 6.07) is 11.6. The monoisotopic (exact) mass is 419 g/mol. The Kier molecular flexibility index (Phi) is 6.93. The molecule has 0 aliphatic carbocycles. The summed E-state index contributed by atoms with van der Waals surface area (Å²) in [6.45, 7) is 2.11. The van der Waals surface area contributed by atoms with Crippen LogP contribution in [0.3, 0.4) is 0 Å². The van der Waals surface area contributed by atoms with Crippen molar-refractivity contribution in [1.82, 2.24) is 4.90 Å². The van der Waals surface area contributed by atoms with Gasteiger partial charge in [0, 0.05) is 5.02 Å². The van der Waals surface area contributed by atoms with Crippen molar-refractivity contribution < 1.29 is 24.9 Å². The minimum Gasteiger partial charge on any atom is -0.494 e. The maximum absolute atomic E-state index is 12.1. The van der Waals surface area contributed by atoms with Gasteiger partial charge in [0.05, 0.1) is 25.3 Å². The molecular weight excluding hydrogens is 394 g/mol. The topological polar surface area (TPSA) is 90.2 Å². The number of aliphatic hydroxyl groups excluding tert-OH is 3. The molecule has 0 unspecified atom stereocenters. The Labute approximate surface area is 175 Å². The van der Waals surface area contributed by atoms with Crippen molar-refractivity contribution in [1.29, 1.82) is 0 Å². The van der Waals surface area contributed by atoms with E-state index >= 15 is 0 Å². The van der Waals surface area contributed by atoms with Crippen LogP contribution in [0.1, 0.15) is 29.7 Å². The largest absolute Gasteiger partial charge is 0.494 e. The van der Waals surface area contributed by atoms with Gasteiger partial charge in [-0.2, -0.15) is 0 Å². The van der Waals surface area contributed by atoms with E-state index in [4.69, 9.17) is 16.3 Å². The van der Waals surface area contributed by atoms with E-state index in [2.05, 4.69) is 0 Å². The molecule has 4 atom stereocenters. The molecule has 1 saturated heterocycles. The fourth-order valence-corrected chi connectivity index (χ4v) is 4.01. The molecular formula is C22H26ClNO5. The number of ketones is 1. The van der Waals surface area contributed by atoms with Crippen LogP contribution in [0.2, 0.25) is 5.02 Å². The second-order valence-corrected chi connectivity index (χ2v) is 7.66.